The van der Waals surface area contributed by atoms with Gasteiger partial charge in [-0.1, -0.05) is 18.6 Å². The number of aromatic nitrogens is 3. The van der Waals surface area contributed by atoms with Crippen LogP contribution in [0.15, 0.2) is 53.4 Å². The second-order valence-corrected chi connectivity index (χ2v) is 9.28. The molecule has 0 saturated carbocycles. The molecule has 4 rings (SSSR count). The van der Waals surface area contributed by atoms with E-state index in [1.165, 1.54) is 18.6 Å². The van der Waals surface area contributed by atoms with Crippen molar-refractivity contribution in [3.8, 4) is 11.4 Å². The molecule has 31 heavy (non-hydrogen) atoms. The lowest BCUT2D eigenvalue weighted by Crippen LogP contribution is -2.13. The first-order chi connectivity index (χ1) is 14.9. The quantitative estimate of drug-likeness (QED) is 0.612. The maximum Gasteiger partial charge on any atom is 0.238 e. The number of nitrogens with one attached hydrogen (secondary N) is 1. The first-order valence-electron chi connectivity index (χ1n) is 10.3. The molecule has 2 aromatic carbocycles. The lowest BCUT2D eigenvalue weighted by molar-refractivity contribution is -0.116. The number of anilines is 1. The van der Waals surface area contributed by atoms with Crippen LogP contribution in [0.5, 0.6) is 0 Å². The summed E-state index contributed by atoms with van der Waals surface area (Å²) in [5.41, 5.74) is 2.56. The van der Waals surface area contributed by atoms with Gasteiger partial charge >= 0.3 is 0 Å². The second kappa shape index (κ2) is 8.99. The lowest BCUT2D eigenvalue weighted by Gasteiger charge is -2.09. The summed E-state index contributed by atoms with van der Waals surface area (Å²) in [7, 11) is -3.71. The van der Waals surface area contributed by atoms with E-state index in [2.05, 4.69) is 20.1 Å². The van der Waals surface area contributed by atoms with E-state index in [9.17, 15) is 13.2 Å². The van der Waals surface area contributed by atoms with Crippen LogP contribution in [-0.2, 0) is 34.2 Å². The number of sulfonamides is 1. The molecule has 8 nitrogen and oxygen atoms in total. The fourth-order valence-electron chi connectivity index (χ4n) is 3.73. The smallest absolute Gasteiger partial charge is 0.238 e. The van der Waals surface area contributed by atoms with Crippen LogP contribution in [0, 0.1) is 0 Å². The van der Waals surface area contributed by atoms with E-state index in [4.69, 9.17) is 5.14 Å². The van der Waals surface area contributed by atoms with E-state index in [1.54, 1.807) is 12.1 Å². The van der Waals surface area contributed by atoms with Gasteiger partial charge in [0.05, 0.1) is 4.90 Å². The molecule has 0 spiro atoms. The van der Waals surface area contributed by atoms with Crippen molar-refractivity contribution in [2.24, 2.45) is 5.14 Å². The topological polar surface area (TPSA) is 120 Å². The zero-order valence-electron chi connectivity index (χ0n) is 17.1. The molecule has 0 aliphatic carbocycles. The molecule has 3 N–H and O–H groups in total. The predicted octanol–water partition coefficient (Wildman–Crippen LogP) is 2.89. The van der Waals surface area contributed by atoms with Crippen LogP contribution in [0.25, 0.3) is 11.4 Å². The van der Waals surface area contributed by atoms with Crippen molar-refractivity contribution in [1.29, 1.82) is 0 Å². The summed E-state index contributed by atoms with van der Waals surface area (Å²) >= 11 is 0. The molecular weight excluding hydrogens is 414 g/mol. The van der Waals surface area contributed by atoms with E-state index in [-0.39, 0.29) is 17.2 Å². The van der Waals surface area contributed by atoms with Crippen LogP contribution in [0.4, 0.5) is 5.69 Å². The highest BCUT2D eigenvalue weighted by molar-refractivity contribution is 7.89. The number of fused-ring (bicyclic) bond motifs is 1. The Morgan fingerprint density at radius 2 is 1.74 bits per heavy atom. The molecule has 1 aliphatic heterocycles. The Kier molecular flexibility index (Phi) is 6.15. The van der Waals surface area contributed by atoms with Gasteiger partial charge in [0.25, 0.3) is 0 Å². The minimum atomic E-state index is -3.71. The third-order valence-electron chi connectivity index (χ3n) is 5.43. The second-order valence-electron chi connectivity index (χ2n) is 7.72. The van der Waals surface area contributed by atoms with E-state index in [1.807, 2.05) is 24.3 Å². The number of aryl methyl sites for hydroxylation is 2. The average molecular weight is 440 g/mol. The molecule has 0 bridgehead atoms. The number of amides is 1. The normalized spacial score (nSPS) is 14.0. The Hall–Kier alpha value is -3.04. The van der Waals surface area contributed by atoms with Crippen molar-refractivity contribution >= 4 is 21.6 Å². The largest absolute Gasteiger partial charge is 0.326 e. The van der Waals surface area contributed by atoms with Gasteiger partial charge in [-0.15, -0.1) is 10.2 Å². The molecule has 0 radical (unpaired) electrons. The van der Waals surface area contributed by atoms with Crippen molar-refractivity contribution in [2.45, 2.75) is 50.0 Å². The van der Waals surface area contributed by atoms with Gasteiger partial charge in [0, 0.05) is 30.6 Å². The summed E-state index contributed by atoms with van der Waals surface area (Å²) < 4.78 is 24.8. The van der Waals surface area contributed by atoms with Gasteiger partial charge in [-0.2, -0.15) is 0 Å². The number of primary sulfonamides is 1. The predicted molar refractivity (Wildman–Crippen MR) is 118 cm³/mol. The Morgan fingerprint density at radius 3 is 2.45 bits per heavy atom. The van der Waals surface area contributed by atoms with E-state index >= 15 is 0 Å². The fourth-order valence-corrected chi connectivity index (χ4v) is 4.24. The van der Waals surface area contributed by atoms with Crippen molar-refractivity contribution in [3.05, 3.63) is 59.9 Å². The van der Waals surface area contributed by atoms with Crippen LogP contribution >= 0.6 is 0 Å². The first-order valence-corrected chi connectivity index (χ1v) is 11.9. The number of nitrogens with zero attached hydrogens (tertiary/aromatic N) is 3. The Balaban J connectivity index is 1.35. The minimum absolute atomic E-state index is 0.0605. The zero-order valence-corrected chi connectivity index (χ0v) is 17.9. The van der Waals surface area contributed by atoms with Crippen molar-refractivity contribution in [2.75, 3.05) is 5.32 Å². The molecule has 0 unspecified atom stereocenters. The summed E-state index contributed by atoms with van der Waals surface area (Å²) in [6.45, 7) is 0.939. The average Bonchev–Trinajstić information content (AvgIpc) is 3.00. The molecule has 1 amide bonds. The maximum atomic E-state index is 12.3. The molecular formula is C22H25N5O3S. The fraction of sp³-hybridized carbons (Fsp3) is 0.318. The van der Waals surface area contributed by atoms with Crippen LogP contribution in [-0.4, -0.2) is 29.1 Å². The number of benzene rings is 2. The molecule has 2 heterocycles. The number of carbonyl (C=O) groups excluding carboxylic acids is 1. The maximum absolute atomic E-state index is 12.3. The van der Waals surface area contributed by atoms with Crippen LogP contribution in [0.2, 0.25) is 0 Å². The molecule has 9 heteroatoms. The number of nitrogens with two attached hydrogens (primary N) is 1. The summed E-state index contributed by atoms with van der Waals surface area (Å²) in [4.78, 5) is 12.4. The summed E-state index contributed by atoms with van der Waals surface area (Å²) in [6, 6.07) is 13.9. The summed E-state index contributed by atoms with van der Waals surface area (Å²) in [6.07, 6.45) is 5.25. The van der Waals surface area contributed by atoms with Crippen LogP contribution < -0.4 is 10.5 Å². The van der Waals surface area contributed by atoms with Gasteiger partial charge in [-0.05, 0) is 61.2 Å². The molecule has 0 fully saturated rings. The Labute approximate surface area is 181 Å². The van der Waals surface area contributed by atoms with Gasteiger partial charge in [0.15, 0.2) is 5.82 Å². The lowest BCUT2D eigenvalue weighted by atomic mass is 10.1. The molecule has 3 aromatic rings. The van der Waals surface area contributed by atoms with Crippen molar-refractivity contribution < 1.29 is 13.2 Å². The molecule has 162 valence electrons. The number of hydrogen-bond donors (Lipinski definition) is 2. The van der Waals surface area contributed by atoms with Gasteiger partial charge in [0.2, 0.25) is 15.9 Å². The van der Waals surface area contributed by atoms with Crippen LogP contribution in [0.1, 0.15) is 37.1 Å². The highest BCUT2D eigenvalue weighted by atomic mass is 32.2. The van der Waals surface area contributed by atoms with Crippen LogP contribution in [0.3, 0.4) is 0 Å². The molecule has 0 atom stereocenters. The Morgan fingerprint density at radius 1 is 1.00 bits per heavy atom. The van der Waals surface area contributed by atoms with E-state index in [0.29, 0.717) is 12.1 Å². The molecule has 1 aromatic heterocycles. The minimum Gasteiger partial charge on any atom is -0.326 e. The monoisotopic (exact) mass is 439 g/mol. The van der Waals surface area contributed by atoms with Gasteiger partial charge in [-0.25, -0.2) is 13.6 Å². The first kappa shape index (κ1) is 21.2. The number of rotatable bonds is 6. The van der Waals surface area contributed by atoms with E-state index in [0.717, 1.165) is 48.6 Å². The number of hydrogen-bond acceptors (Lipinski definition) is 5. The zero-order chi connectivity index (χ0) is 21.8. The standard InChI is InChI=1S/C22H25N5O3S/c23-31(29,30)19-12-5-16(6-13-19)7-14-21(28)24-18-10-8-17(9-11-18)22-26-25-20-4-2-1-3-15-27(20)22/h5-6,8-13H,1-4,7,14-15H2,(H,24,28)(H2,23,29,30). The summed E-state index contributed by atoms with van der Waals surface area (Å²) in [5.74, 6) is 1.80. The summed E-state index contributed by atoms with van der Waals surface area (Å²) in [5, 5.41) is 16.7. The van der Waals surface area contributed by atoms with Gasteiger partial charge in [0.1, 0.15) is 5.82 Å². The van der Waals surface area contributed by atoms with Gasteiger partial charge in [-0.3, -0.25) is 4.79 Å². The van der Waals surface area contributed by atoms with Crippen molar-refractivity contribution in [3.63, 3.8) is 0 Å². The third-order valence-corrected chi connectivity index (χ3v) is 6.36. The highest BCUT2D eigenvalue weighted by Gasteiger charge is 2.16. The molecule has 1 aliphatic rings. The SMILES string of the molecule is NS(=O)(=O)c1ccc(CCC(=O)Nc2ccc(-c3nnc4n3CCCCC4)cc2)cc1. The van der Waals surface area contributed by atoms with E-state index < -0.39 is 10.0 Å². The molecule has 0 saturated heterocycles. The third kappa shape index (κ3) is 5.18. The van der Waals surface area contributed by atoms with Crippen molar-refractivity contribution in [1.82, 2.24) is 14.8 Å². The Bertz CT molecular complexity index is 1170. The number of carbonyl (C=O) groups is 1. The van der Waals surface area contributed by atoms with Gasteiger partial charge < -0.3 is 9.88 Å². The highest BCUT2D eigenvalue weighted by Crippen LogP contribution is 2.24.